The van der Waals surface area contributed by atoms with Gasteiger partial charge >= 0.3 is 5.97 Å². The number of aryl methyl sites for hydroxylation is 1. The minimum Gasteiger partial charge on any atom is -0.495 e. The fraction of sp³-hybridized carbons (Fsp3) is 0.136. The van der Waals surface area contributed by atoms with Gasteiger partial charge in [0.15, 0.2) is 0 Å². The van der Waals surface area contributed by atoms with Crippen molar-refractivity contribution >= 4 is 50.1 Å². The number of nitrogens with zero attached hydrogens (tertiary/aromatic N) is 4. The number of para-hydroxylation sites is 1. The van der Waals surface area contributed by atoms with Crippen LogP contribution in [0.5, 0.6) is 5.75 Å². The SMILES string of the molecule is COC(=O)c1cnc(Nc2cc([N+](=O)[O-])c(Br)cc2OC)nc1-c1cn(C)c2ccccc12. The molecule has 0 aliphatic heterocycles. The highest BCUT2D eigenvalue weighted by Crippen LogP contribution is 2.38. The quantitative estimate of drug-likeness (QED) is 0.221. The van der Waals surface area contributed by atoms with Crippen LogP contribution in [-0.4, -0.2) is 39.6 Å². The van der Waals surface area contributed by atoms with E-state index in [-0.39, 0.29) is 21.7 Å². The summed E-state index contributed by atoms with van der Waals surface area (Å²) in [5, 5.41) is 15.2. The number of hydrogen-bond acceptors (Lipinski definition) is 8. The Bertz CT molecular complexity index is 1400. The third-order valence-corrected chi connectivity index (χ3v) is 5.69. The zero-order chi connectivity index (χ0) is 23.7. The first-order chi connectivity index (χ1) is 15.8. The topological polar surface area (TPSA) is 121 Å². The summed E-state index contributed by atoms with van der Waals surface area (Å²) in [6.45, 7) is 0. The van der Waals surface area contributed by atoms with Gasteiger partial charge in [0, 0.05) is 48.0 Å². The van der Waals surface area contributed by atoms with Crippen LogP contribution in [-0.2, 0) is 11.8 Å². The number of carbonyl (C=O) groups excluding carboxylic acids is 1. The molecule has 0 aliphatic rings. The van der Waals surface area contributed by atoms with E-state index in [9.17, 15) is 14.9 Å². The van der Waals surface area contributed by atoms with E-state index in [2.05, 4.69) is 31.2 Å². The van der Waals surface area contributed by atoms with Gasteiger partial charge in [-0.2, -0.15) is 0 Å². The Labute approximate surface area is 196 Å². The molecule has 2 heterocycles. The van der Waals surface area contributed by atoms with Crippen molar-refractivity contribution in [2.75, 3.05) is 19.5 Å². The number of ether oxygens (including phenoxy) is 2. The molecule has 4 rings (SSSR count). The van der Waals surface area contributed by atoms with Crippen molar-refractivity contribution in [1.29, 1.82) is 0 Å². The van der Waals surface area contributed by atoms with E-state index < -0.39 is 10.9 Å². The van der Waals surface area contributed by atoms with Gasteiger partial charge in [-0.05, 0) is 22.0 Å². The van der Waals surface area contributed by atoms with Crippen molar-refractivity contribution in [2.24, 2.45) is 7.05 Å². The summed E-state index contributed by atoms with van der Waals surface area (Å²) in [6, 6.07) is 10.5. The maximum absolute atomic E-state index is 12.4. The van der Waals surface area contributed by atoms with Gasteiger partial charge < -0.3 is 19.4 Å². The maximum Gasteiger partial charge on any atom is 0.341 e. The summed E-state index contributed by atoms with van der Waals surface area (Å²) in [6.07, 6.45) is 3.23. The molecule has 0 aliphatic carbocycles. The Morgan fingerprint density at radius 3 is 2.70 bits per heavy atom. The molecule has 0 fully saturated rings. The fourth-order valence-corrected chi connectivity index (χ4v) is 3.97. The van der Waals surface area contributed by atoms with Gasteiger partial charge in [0.25, 0.3) is 5.69 Å². The molecule has 0 saturated heterocycles. The van der Waals surface area contributed by atoms with E-state index in [1.54, 1.807) is 0 Å². The van der Waals surface area contributed by atoms with Crippen molar-refractivity contribution in [1.82, 2.24) is 14.5 Å². The predicted octanol–water partition coefficient (Wildman–Crippen LogP) is 4.84. The summed E-state index contributed by atoms with van der Waals surface area (Å²) < 4.78 is 12.5. The number of fused-ring (bicyclic) bond motifs is 1. The molecule has 2 aromatic carbocycles. The summed E-state index contributed by atoms with van der Waals surface area (Å²) in [5.74, 6) is -0.110. The molecule has 168 valence electrons. The van der Waals surface area contributed by atoms with Crippen LogP contribution >= 0.6 is 15.9 Å². The molecule has 33 heavy (non-hydrogen) atoms. The second kappa shape index (κ2) is 8.87. The highest BCUT2D eigenvalue weighted by atomic mass is 79.9. The van der Waals surface area contributed by atoms with Crippen molar-refractivity contribution in [3.8, 4) is 17.0 Å². The summed E-state index contributed by atoms with van der Waals surface area (Å²) >= 11 is 3.17. The minimum atomic E-state index is -0.582. The van der Waals surface area contributed by atoms with Crippen molar-refractivity contribution < 1.29 is 19.2 Å². The molecule has 2 aromatic heterocycles. The van der Waals surface area contributed by atoms with E-state index >= 15 is 0 Å². The highest BCUT2D eigenvalue weighted by molar-refractivity contribution is 9.10. The molecular weight excluding hydrogens is 494 g/mol. The second-order valence-electron chi connectivity index (χ2n) is 7.00. The van der Waals surface area contributed by atoms with E-state index in [1.807, 2.05) is 42.1 Å². The number of nitro groups is 1. The molecular formula is C22H18BrN5O5. The highest BCUT2D eigenvalue weighted by Gasteiger charge is 2.22. The lowest BCUT2D eigenvalue weighted by atomic mass is 10.1. The molecule has 11 heteroatoms. The van der Waals surface area contributed by atoms with Crippen LogP contribution in [0.1, 0.15) is 10.4 Å². The zero-order valence-electron chi connectivity index (χ0n) is 17.8. The number of benzene rings is 2. The predicted molar refractivity (Wildman–Crippen MR) is 126 cm³/mol. The van der Waals surface area contributed by atoms with E-state index in [0.717, 1.165) is 10.9 Å². The number of esters is 1. The third-order valence-electron chi connectivity index (χ3n) is 5.06. The lowest BCUT2D eigenvalue weighted by Gasteiger charge is -2.13. The molecule has 0 atom stereocenters. The largest absolute Gasteiger partial charge is 0.495 e. The second-order valence-corrected chi connectivity index (χ2v) is 7.86. The summed E-state index contributed by atoms with van der Waals surface area (Å²) in [4.78, 5) is 32.1. The average molecular weight is 512 g/mol. The Morgan fingerprint density at radius 1 is 1.24 bits per heavy atom. The average Bonchev–Trinajstić information content (AvgIpc) is 3.15. The van der Waals surface area contributed by atoms with Gasteiger partial charge in [-0.1, -0.05) is 18.2 Å². The minimum absolute atomic E-state index is 0.125. The Balaban J connectivity index is 1.87. The number of rotatable bonds is 6. The number of aromatic nitrogens is 3. The van der Waals surface area contributed by atoms with E-state index in [1.165, 1.54) is 32.5 Å². The molecule has 0 bridgehead atoms. The standard InChI is InChI=1S/C22H18BrN5O5/c1-27-11-14(12-6-4-5-7-17(12)27)20-13(21(29)33-3)10-24-22(26-20)25-16-9-18(28(30)31)15(23)8-19(16)32-2/h4-11H,1-3H3,(H,24,25,26). The summed E-state index contributed by atoms with van der Waals surface area (Å²) in [7, 11) is 4.63. The van der Waals surface area contributed by atoms with Gasteiger partial charge in [-0.15, -0.1) is 0 Å². The van der Waals surface area contributed by atoms with Crippen LogP contribution in [0, 0.1) is 10.1 Å². The maximum atomic E-state index is 12.4. The van der Waals surface area contributed by atoms with Crippen LogP contribution in [0.2, 0.25) is 0 Å². The van der Waals surface area contributed by atoms with Gasteiger partial charge in [-0.25, -0.2) is 14.8 Å². The number of methoxy groups -OCH3 is 2. The normalized spacial score (nSPS) is 10.8. The molecule has 0 saturated carbocycles. The first kappa shape index (κ1) is 22.2. The van der Waals surface area contributed by atoms with Crippen LogP contribution < -0.4 is 10.1 Å². The van der Waals surface area contributed by atoms with Gasteiger partial charge in [0.2, 0.25) is 5.95 Å². The Morgan fingerprint density at radius 2 is 2.00 bits per heavy atom. The fourth-order valence-electron chi connectivity index (χ4n) is 3.51. The molecule has 0 amide bonds. The lowest BCUT2D eigenvalue weighted by molar-refractivity contribution is -0.385. The van der Waals surface area contributed by atoms with Crippen LogP contribution in [0.25, 0.3) is 22.2 Å². The number of halogens is 1. The lowest BCUT2D eigenvalue weighted by Crippen LogP contribution is -2.09. The number of hydrogen-bond donors (Lipinski definition) is 1. The number of nitro benzene ring substituents is 1. The van der Waals surface area contributed by atoms with Gasteiger partial charge in [-0.3, -0.25) is 10.1 Å². The molecule has 4 aromatic rings. The van der Waals surface area contributed by atoms with Crippen LogP contribution in [0.4, 0.5) is 17.3 Å². The zero-order valence-corrected chi connectivity index (χ0v) is 19.4. The monoisotopic (exact) mass is 511 g/mol. The molecule has 0 unspecified atom stereocenters. The van der Waals surface area contributed by atoms with Crippen molar-refractivity contribution in [3.63, 3.8) is 0 Å². The van der Waals surface area contributed by atoms with Gasteiger partial charge in [0.1, 0.15) is 11.3 Å². The van der Waals surface area contributed by atoms with Gasteiger partial charge in [0.05, 0.1) is 35.0 Å². The van der Waals surface area contributed by atoms with E-state index in [0.29, 0.717) is 22.7 Å². The van der Waals surface area contributed by atoms with E-state index in [4.69, 9.17) is 9.47 Å². The van der Waals surface area contributed by atoms with Crippen molar-refractivity contribution in [3.05, 3.63) is 68.9 Å². The van der Waals surface area contributed by atoms with Crippen molar-refractivity contribution in [2.45, 2.75) is 0 Å². The molecule has 0 radical (unpaired) electrons. The molecule has 0 spiro atoms. The Hall–Kier alpha value is -3.99. The number of anilines is 2. The first-order valence-corrected chi connectivity index (χ1v) is 10.4. The number of carbonyl (C=O) groups is 1. The molecule has 10 nitrogen and oxygen atoms in total. The van der Waals surface area contributed by atoms with Crippen LogP contribution in [0.3, 0.4) is 0 Å². The smallest absolute Gasteiger partial charge is 0.341 e. The Kier molecular flexibility index (Phi) is 5.97. The molecule has 1 N–H and O–H groups in total. The summed E-state index contributed by atoms with van der Waals surface area (Å²) in [5.41, 5.74) is 2.37. The van der Waals surface area contributed by atoms with Crippen LogP contribution in [0.15, 0.2) is 53.3 Å². The number of nitrogens with one attached hydrogen (secondary N) is 1. The first-order valence-electron chi connectivity index (χ1n) is 9.62. The third kappa shape index (κ3) is 4.10.